The zero-order valence-electron chi connectivity index (χ0n) is 14.0. The van der Waals surface area contributed by atoms with Crippen LogP contribution in [0.5, 0.6) is 0 Å². The van der Waals surface area contributed by atoms with Gasteiger partial charge in [0.15, 0.2) is 4.77 Å². The summed E-state index contributed by atoms with van der Waals surface area (Å²) in [6.07, 6.45) is 6.91. The highest BCUT2D eigenvalue weighted by atomic mass is 32.1. The zero-order chi connectivity index (χ0) is 17.4. The van der Waals surface area contributed by atoms with Gasteiger partial charge in [0.25, 0.3) is 5.56 Å². The number of amides is 1. The average molecular weight is 355 g/mol. The minimum atomic E-state index is -0.133. The van der Waals surface area contributed by atoms with Crippen molar-refractivity contribution in [1.82, 2.24) is 14.5 Å². The molecule has 0 bridgehead atoms. The molecule has 1 amide bonds. The molecule has 2 aliphatic rings. The van der Waals surface area contributed by atoms with Crippen LogP contribution in [-0.4, -0.2) is 33.4 Å². The van der Waals surface area contributed by atoms with E-state index in [4.69, 9.17) is 12.2 Å². The Morgan fingerprint density at radius 2 is 1.84 bits per heavy atom. The molecular weight excluding hydrogens is 334 g/mol. The third kappa shape index (κ3) is 3.06. The van der Waals surface area contributed by atoms with Crippen LogP contribution in [0.4, 0.5) is 0 Å². The molecule has 5 nitrogen and oxygen atoms in total. The maximum absolute atomic E-state index is 12.6. The van der Waals surface area contributed by atoms with Gasteiger partial charge in [-0.1, -0.05) is 24.3 Å². The Hall–Kier alpha value is -2.21. The Bertz CT molecular complexity index is 943. The van der Waals surface area contributed by atoms with Crippen molar-refractivity contribution in [2.45, 2.75) is 25.8 Å². The number of para-hydroxylation sites is 1. The lowest BCUT2D eigenvalue weighted by Gasteiger charge is -2.17. The second-order valence-electron chi connectivity index (χ2n) is 6.94. The molecule has 1 aromatic heterocycles. The van der Waals surface area contributed by atoms with E-state index in [-0.39, 0.29) is 11.5 Å². The summed E-state index contributed by atoms with van der Waals surface area (Å²) in [6, 6.07) is 7.31. The highest BCUT2D eigenvalue weighted by Crippen LogP contribution is 2.32. The molecule has 1 aromatic carbocycles. The minimum absolute atomic E-state index is 0.115. The van der Waals surface area contributed by atoms with Crippen molar-refractivity contribution in [3.05, 3.63) is 51.5 Å². The van der Waals surface area contributed by atoms with Gasteiger partial charge in [0.2, 0.25) is 5.91 Å². The number of hydrogen-bond donors (Lipinski definition) is 1. The molecule has 1 aliphatic carbocycles. The van der Waals surface area contributed by atoms with Gasteiger partial charge in [0, 0.05) is 26.1 Å². The number of nitrogens with one attached hydrogen (secondary N) is 1. The van der Waals surface area contributed by atoms with Gasteiger partial charge in [-0.15, -0.1) is 0 Å². The first-order valence-corrected chi connectivity index (χ1v) is 9.19. The van der Waals surface area contributed by atoms with E-state index in [1.54, 1.807) is 6.07 Å². The van der Waals surface area contributed by atoms with Crippen molar-refractivity contribution in [3.63, 3.8) is 0 Å². The van der Waals surface area contributed by atoms with Crippen LogP contribution in [0.1, 0.15) is 19.3 Å². The van der Waals surface area contributed by atoms with E-state index in [0.717, 1.165) is 31.4 Å². The predicted octanol–water partition coefficient (Wildman–Crippen LogP) is 2.87. The molecule has 4 rings (SSSR count). The zero-order valence-corrected chi connectivity index (χ0v) is 14.8. The van der Waals surface area contributed by atoms with Gasteiger partial charge in [-0.3, -0.25) is 14.2 Å². The summed E-state index contributed by atoms with van der Waals surface area (Å²) in [5.41, 5.74) is 0.600. The van der Waals surface area contributed by atoms with Crippen LogP contribution in [-0.2, 0) is 11.3 Å². The second-order valence-corrected chi connectivity index (χ2v) is 7.33. The van der Waals surface area contributed by atoms with E-state index in [9.17, 15) is 9.59 Å². The lowest BCUT2D eigenvalue weighted by molar-refractivity contribution is -0.130. The fourth-order valence-electron chi connectivity index (χ4n) is 3.99. The standard InChI is InChI=1S/C19H21N3O2S/c23-17(21-11-13-5-1-2-6-14(13)12-21)9-10-22-18(24)15-7-3-4-8-16(15)20-19(22)25/h1-4,7-8,13-14H,5-6,9-12H2,(H,20,25). The maximum Gasteiger partial charge on any atom is 0.262 e. The molecule has 2 heterocycles. The van der Waals surface area contributed by atoms with Crippen molar-refractivity contribution in [2.24, 2.45) is 11.8 Å². The first-order chi connectivity index (χ1) is 12.1. The number of allylic oxidation sites excluding steroid dienone is 2. The van der Waals surface area contributed by atoms with E-state index in [1.807, 2.05) is 23.1 Å². The molecule has 130 valence electrons. The molecule has 1 aliphatic heterocycles. The molecule has 0 spiro atoms. The van der Waals surface area contributed by atoms with Crippen molar-refractivity contribution < 1.29 is 4.79 Å². The van der Waals surface area contributed by atoms with Gasteiger partial charge < -0.3 is 9.88 Å². The molecule has 6 heteroatoms. The van der Waals surface area contributed by atoms with Gasteiger partial charge in [-0.25, -0.2) is 0 Å². The summed E-state index contributed by atoms with van der Waals surface area (Å²) >= 11 is 5.31. The van der Waals surface area contributed by atoms with Crippen LogP contribution >= 0.6 is 12.2 Å². The third-order valence-corrected chi connectivity index (χ3v) is 5.73. The Kier molecular flexibility index (Phi) is 4.29. The van der Waals surface area contributed by atoms with E-state index >= 15 is 0 Å². The number of carbonyl (C=O) groups excluding carboxylic acids is 1. The van der Waals surface area contributed by atoms with Gasteiger partial charge in [0.05, 0.1) is 10.9 Å². The van der Waals surface area contributed by atoms with Crippen molar-refractivity contribution in [1.29, 1.82) is 0 Å². The number of rotatable bonds is 3. The van der Waals surface area contributed by atoms with E-state index in [0.29, 0.717) is 35.0 Å². The average Bonchev–Trinajstić information content (AvgIpc) is 3.05. The normalized spacial score (nSPS) is 22.3. The summed E-state index contributed by atoms with van der Waals surface area (Å²) in [5, 5.41) is 0.599. The van der Waals surface area contributed by atoms with Gasteiger partial charge in [-0.05, 0) is 49.0 Å². The molecule has 0 radical (unpaired) electrons. The number of carbonyl (C=O) groups is 1. The number of benzene rings is 1. The molecule has 2 atom stereocenters. The lowest BCUT2D eigenvalue weighted by atomic mass is 9.86. The summed E-state index contributed by atoms with van der Waals surface area (Å²) < 4.78 is 1.87. The van der Waals surface area contributed by atoms with Gasteiger partial charge in [0.1, 0.15) is 0 Å². The molecule has 1 fully saturated rings. The van der Waals surface area contributed by atoms with Gasteiger partial charge in [-0.2, -0.15) is 0 Å². The fourth-order valence-corrected chi connectivity index (χ4v) is 4.27. The summed E-state index contributed by atoms with van der Waals surface area (Å²) in [4.78, 5) is 30.3. The molecular formula is C19H21N3O2S. The smallest absolute Gasteiger partial charge is 0.262 e. The van der Waals surface area contributed by atoms with Crippen LogP contribution < -0.4 is 5.56 Å². The third-order valence-electron chi connectivity index (χ3n) is 5.41. The Labute approximate surface area is 151 Å². The van der Waals surface area contributed by atoms with Crippen molar-refractivity contribution >= 4 is 29.0 Å². The molecule has 1 saturated heterocycles. The van der Waals surface area contributed by atoms with Crippen molar-refractivity contribution in [2.75, 3.05) is 13.1 Å². The lowest BCUT2D eigenvalue weighted by Crippen LogP contribution is -2.31. The van der Waals surface area contributed by atoms with Crippen molar-refractivity contribution in [3.8, 4) is 0 Å². The summed E-state index contributed by atoms with van der Waals surface area (Å²) in [6.45, 7) is 2.00. The number of nitrogens with zero attached hydrogens (tertiary/aromatic N) is 2. The number of hydrogen-bond acceptors (Lipinski definition) is 3. The van der Waals surface area contributed by atoms with Crippen LogP contribution in [0, 0.1) is 16.6 Å². The van der Waals surface area contributed by atoms with Crippen LogP contribution in [0.25, 0.3) is 10.9 Å². The highest BCUT2D eigenvalue weighted by Gasteiger charge is 2.34. The molecule has 0 saturated carbocycles. The molecule has 2 unspecified atom stereocenters. The SMILES string of the molecule is O=C(CCn1c(=S)[nH]c2ccccc2c1=O)N1CC2CC=CCC2C1. The Morgan fingerprint density at radius 3 is 2.56 bits per heavy atom. The molecule has 25 heavy (non-hydrogen) atoms. The quantitative estimate of drug-likeness (QED) is 0.680. The summed E-state index contributed by atoms with van der Waals surface area (Å²) in [5.74, 6) is 1.31. The van der Waals surface area contributed by atoms with Crippen LogP contribution in [0.2, 0.25) is 0 Å². The summed E-state index contributed by atoms with van der Waals surface area (Å²) in [7, 11) is 0. The second kappa shape index (κ2) is 6.59. The first kappa shape index (κ1) is 16.3. The topological polar surface area (TPSA) is 58.1 Å². The number of likely N-dealkylation sites (tertiary alicyclic amines) is 1. The van der Waals surface area contributed by atoms with Crippen LogP contribution in [0.3, 0.4) is 0 Å². The Morgan fingerprint density at radius 1 is 1.16 bits per heavy atom. The Balaban J connectivity index is 1.48. The van der Waals surface area contributed by atoms with Crippen LogP contribution in [0.15, 0.2) is 41.2 Å². The van der Waals surface area contributed by atoms with E-state index in [1.165, 1.54) is 4.57 Å². The number of aromatic amines is 1. The number of H-pyrrole nitrogens is 1. The number of fused-ring (bicyclic) bond motifs is 2. The first-order valence-electron chi connectivity index (χ1n) is 8.78. The van der Waals surface area contributed by atoms with E-state index in [2.05, 4.69) is 17.1 Å². The molecule has 1 N–H and O–H groups in total. The predicted molar refractivity (Wildman–Crippen MR) is 99.9 cm³/mol. The maximum atomic E-state index is 12.6. The highest BCUT2D eigenvalue weighted by molar-refractivity contribution is 7.71. The monoisotopic (exact) mass is 355 g/mol. The minimum Gasteiger partial charge on any atom is -0.342 e. The van der Waals surface area contributed by atoms with E-state index < -0.39 is 0 Å². The molecule has 2 aromatic rings. The van der Waals surface area contributed by atoms with Gasteiger partial charge >= 0.3 is 0 Å². The fraction of sp³-hybridized carbons (Fsp3) is 0.421. The number of aromatic nitrogens is 2. The largest absolute Gasteiger partial charge is 0.342 e.